The number of rotatable bonds is 5. The molecule has 0 aromatic rings. The number of halogens is 1. The van der Waals surface area contributed by atoms with Gasteiger partial charge < -0.3 is 0 Å². The van der Waals surface area contributed by atoms with E-state index in [2.05, 4.69) is 0 Å². The second-order valence-electron chi connectivity index (χ2n) is 11.6. The molecule has 0 amide bonds. The van der Waals surface area contributed by atoms with Crippen molar-refractivity contribution in [1.82, 2.24) is 0 Å². The Morgan fingerprint density at radius 2 is 1.70 bits per heavy atom. The topological polar surface area (TPSA) is 26.3 Å². The number of methoxy groups -OCH3 is 1. The molecule has 0 saturated carbocycles. The molecule has 110 valence electrons. The quantitative estimate of drug-likeness (QED) is 0.315. The van der Waals surface area contributed by atoms with Gasteiger partial charge in [0.2, 0.25) is 0 Å². The van der Waals surface area contributed by atoms with Crippen LogP contribution >= 0.6 is 11.6 Å². The molecule has 8 atom stereocenters. The van der Waals surface area contributed by atoms with Crippen molar-refractivity contribution in [1.29, 1.82) is 0 Å². The number of hydrogen-bond donors (Lipinski definition) is 0. The molecule has 10 aliphatic heterocycles. The molecular formula is C16H19ClFeO2. The summed E-state index contributed by atoms with van der Waals surface area (Å²) >= 11 is 5.92. The third kappa shape index (κ3) is 0.0945. The van der Waals surface area contributed by atoms with E-state index in [1.807, 2.05) is 0 Å². The van der Waals surface area contributed by atoms with Gasteiger partial charge in [-0.2, -0.15) is 0 Å². The number of carbonyl (C=O) groups is 1. The fourth-order valence-electron chi connectivity index (χ4n) is 18.9. The molecule has 10 fully saturated rings. The summed E-state index contributed by atoms with van der Waals surface area (Å²) in [6, 6.07) is 0. The van der Waals surface area contributed by atoms with Gasteiger partial charge in [-0.1, -0.05) is 0 Å². The molecule has 10 heterocycles. The van der Waals surface area contributed by atoms with Gasteiger partial charge in [-0.15, -0.1) is 0 Å². The monoisotopic (exact) mass is 334 g/mol. The molecule has 0 radical (unpaired) electrons. The molecule has 0 aromatic heterocycles. The summed E-state index contributed by atoms with van der Waals surface area (Å²) in [5.74, 6) is 1.13. The molecule has 2 nitrogen and oxygen atoms in total. The third-order valence-electron chi connectivity index (χ3n) is 16.6. The van der Waals surface area contributed by atoms with Crippen LogP contribution in [0.5, 0.6) is 0 Å². The van der Waals surface area contributed by atoms with Crippen LogP contribution < -0.4 is 0 Å². The standard InChI is InChI=1S/C9H12Cl.C7H7O2.Fe/c10-8-4-3-7-9-5-1-2-6-9;1-9-7(8)6-4-2-3-5-6;/h1-2,5-6H,3-4,7-8H2;2-5H,1H3;. The Labute approximate surface area is 113 Å². The summed E-state index contributed by atoms with van der Waals surface area (Å²) in [5, 5.41) is 0. The number of carbonyl (C=O) groups excluding carboxylic acids is 1. The molecule has 10 saturated heterocycles. The first-order valence-corrected chi connectivity index (χ1v) is 15.1. The first-order chi connectivity index (χ1) is 9.47. The van der Waals surface area contributed by atoms with E-state index < -0.39 is 6.51 Å². The van der Waals surface area contributed by atoms with E-state index in [1.54, 1.807) is 7.11 Å². The van der Waals surface area contributed by atoms with Crippen molar-refractivity contribution in [2.24, 2.45) is 0 Å². The Hall–Kier alpha value is 0.279. The van der Waals surface area contributed by atoms with Gasteiger partial charge >= 0.3 is 113 Å². The van der Waals surface area contributed by atoms with Crippen LogP contribution in [0.25, 0.3) is 0 Å². The molecule has 0 bridgehead atoms. The van der Waals surface area contributed by atoms with Crippen LogP contribution in [0.3, 0.4) is 0 Å². The maximum absolute atomic E-state index is 12.8. The SMILES string of the molecule is COC(=O)[C]12[CH]3[CH]4[CH]5[CH]1[Fe]45321678[CH]2[CH]1[CH]6[C]7(CCCCCl)[CH]28. The predicted octanol–water partition coefficient (Wildman–Crippen LogP) is 4.70. The zero-order chi connectivity index (χ0) is 13.0. The summed E-state index contributed by atoms with van der Waals surface area (Å²) < 4.78 is 6.52. The van der Waals surface area contributed by atoms with Crippen molar-refractivity contribution < 1.29 is 16.0 Å². The minimum atomic E-state index is -3.45. The van der Waals surface area contributed by atoms with E-state index in [0.717, 1.165) is 19.8 Å². The maximum atomic E-state index is 12.8. The van der Waals surface area contributed by atoms with Crippen LogP contribution in [0.1, 0.15) is 19.3 Å². The minimum absolute atomic E-state index is 0.268. The number of fused-ring (bicyclic) bond motifs is 10. The molecule has 10 rings (SSSR count). The summed E-state index contributed by atoms with van der Waals surface area (Å²) in [6.45, 7) is -3.45. The molecule has 8 unspecified atom stereocenters. The second-order valence-corrected chi connectivity index (χ2v) is 35.3. The number of ether oxygens (including phenoxy) is 1. The zero-order valence-corrected chi connectivity index (χ0v) is 13.4. The number of esters is 1. The van der Waals surface area contributed by atoms with E-state index in [4.69, 9.17) is 16.3 Å². The van der Waals surface area contributed by atoms with E-state index in [9.17, 15) is 4.79 Å². The van der Waals surface area contributed by atoms with Crippen LogP contribution in [-0.2, 0) is 16.0 Å². The van der Waals surface area contributed by atoms with Crippen LogP contribution in [0.4, 0.5) is 0 Å². The predicted molar refractivity (Wildman–Crippen MR) is 72.0 cm³/mol. The number of alkyl halides is 1. The molecular weight excluding hydrogens is 315 g/mol. The van der Waals surface area contributed by atoms with Crippen molar-refractivity contribution in [3.8, 4) is 0 Å². The summed E-state index contributed by atoms with van der Waals surface area (Å²) in [4.78, 5) is 21.9. The van der Waals surface area contributed by atoms with Crippen molar-refractivity contribution in [3.05, 3.63) is 0 Å². The van der Waals surface area contributed by atoms with Crippen molar-refractivity contribution >= 4 is 17.6 Å². The number of unbranched alkanes of at least 4 members (excludes halogenated alkanes) is 1. The van der Waals surface area contributed by atoms with Crippen molar-refractivity contribution in [3.63, 3.8) is 0 Å². The van der Waals surface area contributed by atoms with Crippen LogP contribution in [0, 0.1) is 0 Å². The molecule has 20 heavy (non-hydrogen) atoms. The Morgan fingerprint density at radius 3 is 2.15 bits per heavy atom. The van der Waals surface area contributed by atoms with Crippen LogP contribution in [0.2, 0.25) is 47.2 Å². The van der Waals surface area contributed by atoms with E-state index in [0.29, 0.717) is 5.97 Å². The summed E-state index contributed by atoms with van der Waals surface area (Å²) in [5.41, 5.74) is 0. The molecule has 1 spiro atoms. The van der Waals surface area contributed by atoms with E-state index in [-0.39, 0.29) is 4.31 Å². The zero-order valence-electron chi connectivity index (χ0n) is 11.5. The number of hydrogen-bond acceptors (Lipinski definition) is 2. The van der Waals surface area contributed by atoms with Gasteiger partial charge in [0.25, 0.3) is 0 Å². The first-order valence-electron chi connectivity index (χ1n) is 8.33. The van der Waals surface area contributed by atoms with Crippen molar-refractivity contribution in [2.45, 2.75) is 66.4 Å². The summed E-state index contributed by atoms with van der Waals surface area (Å²) in [7, 11) is 1.66. The van der Waals surface area contributed by atoms with Gasteiger partial charge in [0.05, 0.1) is 0 Å². The van der Waals surface area contributed by atoms with E-state index >= 15 is 0 Å². The normalized spacial score (nSPS) is 106. The molecule has 10 aliphatic rings. The van der Waals surface area contributed by atoms with Crippen LogP contribution in [-0.4, -0.2) is 19.0 Å². The molecule has 0 N–H and O–H groups in total. The van der Waals surface area contributed by atoms with Gasteiger partial charge in [-0.25, -0.2) is 0 Å². The van der Waals surface area contributed by atoms with Crippen LogP contribution in [0.15, 0.2) is 0 Å². The average Bonchev–Trinajstić information content (AvgIpc) is 3.40. The van der Waals surface area contributed by atoms with Crippen molar-refractivity contribution in [2.75, 3.05) is 13.0 Å². The summed E-state index contributed by atoms with van der Waals surface area (Å²) in [6.07, 6.45) is 4.02. The Kier molecular flexibility index (Phi) is 0.355. The van der Waals surface area contributed by atoms with Gasteiger partial charge in [0.15, 0.2) is 0 Å². The average molecular weight is 335 g/mol. The fraction of sp³-hybridized carbons (Fsp3) is 0.938. The molecule has 0 aromatic carbocycles. The Balaban J connectivity index is 1.39. The van der Waals surface area contributed by atoms with Gasteiger partial charge in [-0.3, -0.25) is 0 Å². The third-order valence-corrected chi connectivity index (χ3v) is 60.2. The van der Waals surface area contributed by atoms with Gasteiger partial charge in [-0.05, 0) is 0 Å². The molecule has 4 heteroatoms. The van der Waals surface area contributed by atoms with E-state index in [1.165, 1.54) is 48.2 Å². The second kappa shape index (κ2) is 0.808. The molecule has 0 aliphatic carbocycles. The Morgan fingerprint density at radius 1 is 1.10 bits per heavy atom. The van der Waals surface area contributed by atoms with Gasteiger partial charge in [0.1, 0.15) is 0 Å². The fourth-order valence-corrected chi connectivity index (χ4v) is 95.8. The Bertz CT molecular complexity index is 1090. The first kappa shape index (κ1) is 8.79. The van der Waals surface area contributed by atoms with Gasteiger partial charge in [0, 0.05) is 0 Å².